The Morgan fingerprint density at radius 3 is 2.73 bits per heavy atom. The van der Waals surface area contributed by atoms with E-state index >= 15 is 0 Å². The van der Waals surface area contributed by atoms with Gasteiger partial charge in [0.05, 0.1) is 17.3 Å². The second-order valence-corrected chi connectivity index (χ2v) is 8.56. The highest BCUT2D eigenvalue weighted by Gasteiger charge is 2.25. The first-order valence-corrected chi connectivity index (χ1v) is 9.38. The highest BCUT2D eigenvalue weighted by molar-refractivity contribution is 7.10. The van der Waals surface area contributed by atoms with E-state index < -0.39 is 0 Å². The Balaban J connectivity index is 1.64. The van der Waals surface area contributed by atoms with Gasteiger partial charge in [0.2, 0.25) is 0 Å². The molecule has 2 aromatic rings. The van der Waals surface area contributed by atoms with Gasteiger partial charge < -0.3 is 4.74 Å². The van der Waals surface area contributed by atoms with Gasteiger partial charge in [0.25, 0.3) is 0 Å². The van der Waals surface area contributed by atoms with E-state index in [0.29, 0.717) is 0 Å². The van der Waals surface area contributed by atoms with Crippen LogP contribution in [0.25, 0.3) is 0 Å². The van der Waals surface area contributed by atoms with Crippen molar-refractivity contribution in [2.75, 3.05) is 19.7 Å². The van der Waals surface area contributed by atoms with Crippen molar-refractivity contribution in [2.24, 2.45) is 0 Å². The van der Waals surface area contributed by atoms with Crippen LogP contribution in [0, 0.1) is 6.92 Å². The molecular formula is C16H23N3OS2. The van der Waals surface area contributed by atoms with E-state index in [1.165, 1.54) is 10.7 Å². The Kier molecular flexibility index (Phi) is 4.64. The van der Waals surface area contributed by atoms with Gasteiger partial charge >= 0.3 is 0 Å². The molecule has 0 amide bonds. The standard InChI is InChI=1S/C16H23N3OS2/c1-11-9-21-14(17-11)13-8-19(5-6-20-13)7-12-10-22-15(18-12)16(2,3)4/h9-10,13H,5-8H2,1-4H3/t13-/m1/s1. The van der Waals surface area contributed by atoms with E-state index in [1.54, 1.807) is 22.7 Å². The molecule has 22 heavy (non-hydrogen) atoms. The average Bonchev–Trinajstić information content (AvgIpc) is 3.08. The molecule has 3 heterocycles. The van der Waals surface area contributed by atoms with Crippen LogP contribution in [-0.4, -0.2) is 34.6 Å². The van der Waals surface area contributed by atoms with Gasteiger partial charge in [0.15, 0.2) is 0 Å². The molecule has 4 nitrogen and oxygen atoms in total. The molecule has 120 valence electrons. The summed E-state index contributed by atoms with van der Waals surface area (Å²) in [6.45, 7) is 12.2. The molecule has 0 radical (unpaired) electrons. The summed E-state index contributed by atoms with van der Waals surface area (Å²) >= 11 is 3.46. The molecular weight excluding hydrogens is 314 g/mol. The maximum Gasteiger partial charge on any atom is 0.123 e. The maximum atomic E-state index is 5.89. The van der Waals surface area contributed by atoms with E-state index in [2.05, 4.69) is 41.4 Å². The van der Waals surface area contributed by atoms with E-state index in [9.17, 15) is 0 Å². The Bertz CT molecular complexity index is 629. The Morgan fingerprint density at radius 1 is 1.27 bits per heavy atom. The zero-order valence-corrected chi connectivity index (χ0v) is 15.3. The van der Waals surface area contributed by atoms with Crippen LogP contribution in [0.2, 0.25) is 0 Å². The van der Waals surface area contributed by atoms with Crippen molar-refractivity contribution in [1.29, 1.82) is 0 Å². The fourth-order valence-electron chi connectivity index (χ4n) is 2.47. The lowest BCUT2D eigenvalue weighted by molar-refractivity contribution is -0.0333. The summed E-state index contributed by atoms with van der Waals surface area (Å²) in [6.07, 6.45) is 0.105. The summed E-state index contributed by atoms with van der Waals surface area (Å²) in [6, 6.07) is 0. The van der Waals surface area contributed by atoms with Crippen molar-refractivity contribution in [3.63, 3.8) is 0 Å². The minimum absolute atomic E-state index is 0.105. The molecule has 0 saturated carbocycles. The molecule has 3 rings (SSSR count). The number of rotatable bonds is 3. The summed E-state index contributed by atoms with van der Waals surface area (Å²) in [5, 5.41) is 6.59. The molecule has 1 aliphatic rings. The van der Waals surface area contributed by atoms with Crippen LogP contribution in [0.4, 0.5) is 0 Å². The molecule has 1 fully saturated rings. The van der Waals surface area contributed by atoms with Gasteiger partial charge in [-0.2, -0.15) is 0 Å². The van der Waals surface area contributed by atoms with E-state index in [0.717, 1.165) is 36.9 Å². The summed E-state index contributed by atoms with van der Waals surface area (Å²) in [4.78, 5) is 11.8. The third-order valence-electron chi connectivity index (χ3n) is 3.64. The van der Waals surface area contributed by atoms with Gasteiger partial charge in [0, 0.05) is 41.5 Å². The minimum Gasteiger partial charge on any atom is -0.368 e. The molecule has 0 unspecified atom stereocenters. The first-order valence-electron chi connectivity index (χ1n) is 7.62. The first-order chi connectivity index (χ1) is 10.4. The normalized spacial score (nSPS) is 20.5. The SMILES string of the molecule is Cc1csc([C@H]2CN(Cc3csc(C(C)(C)C)n3)CCO2)n1. The second-order valence-electron chi connectivity index (χ2n) is 6.82. The molecule has 1 aliphatic heterocycles. The third kappa shape index (κ3) is 3.74. The van der Waals surface area contributed by atoms with E-state index in [1.807, 2.05) is 6.92 Å². The lowest BCUT2D eigenvalue weighted by atomic mass is 9.98. The second kappa shape index (κ2) is 6.35. The van der Waals surface area contributed by atoms with Crippen LogP contribution in [0.5, 0.6) is 0 Å². The van der Waals surface area contributed by atoms with Gasteiger partial charge in [0.1, 0.15) is 11.1 Å². The fraction of sp³-hybridized carbons (Fsp3) is 0.625. The molecule has 1 saturated heterocycles. The van der Waals surface area contributed by atoms with Crippen LogP contribution < -0.4 is 0 Å². The van der Waals surface area contributed by atoms with Crippen LogP contribution >= 0.6 is 22.7 Å². The number of hydrogen-bond donors (Lipinski definition) is 0. The maximum absolute atomic E-state index is 5.89. The molecule has 1 atom stereocenters. The van der Waals surface area contributed by atoms with Crippen molar-refractivity contribution in [2.45, 2.75) is 45.8 Å². The smallest absolute Gasteiger partial charge is 0.123 e. The summed E-state index contributed by atoms with van der Waals surface area (Å²) in [5.74, 6) is 0. The number of aryl methyl sites for hydroxylation is 1. The molecule has 0 aromatic carbocycles. The van der Waals surface area contributed by atoms with E-state index in [4.69, 9.17) is 9.72 Å². The molecule has 0 bridgehead atoms. The van der Waals surface area contributed by atoms with Crippen molar-refractivity contribution in [3.8, 4) is 0 Å². The van der Waals surface area contributed by atoms with Crippen LogP contribution in [0.15, 0.2) is 10.8 Å². The van der Waals surface area contributed by atoms with Crippen molar-refractivity contribution in [1.82, 2.24) is 14.9 Å². The number of ether oxygens (including phenoxy) is 1. The lowest BCUT2D eigenvalue weighted by Gasteiger charge is -2.31. The van der Waals surface area contributed by atoms with Gasteiger partial charge in [-0.25, -0.2) is 9.97 Å². The molecule has 0 aliphatic carbocycles. The van der Waals surface area contributed by atoms with Crippen LogP contribution in [-0.2, 0) is 16.7 Å². The largest absolute Gasteiger partial charge is 0.368 e. The Morgan fingerprint density at radius 2 is 2.09 bits per heavy atom. The van der Waals surface area contributed by atoms with Gasteiger partial charge in [-0.15, -0.1) is 22.7 Å². The first kappa shape index (κ1) is 16.1. The number of hydrogen-bond acceptors (Lipinski definition) is 6. The number of thiazole rings is 2. The van der Waals surface area contributed by atoms with Gasteiger partial charge in [-0.3, -0.25) is 4.90 Å². The van der Waals surface area contributed by atoms with Gasteiger partial charge in [-0.1, -0.05) is 20.8 Å². The Labute approximate surface area is 140 Å². The molecule has 0 spiro atoms. The summed E-state index contributed by atoms with van der Waals surface area (Å²) in [5.41, 5.74) is 2.38. The Hall–Kier alpha value is -0.820. The van der Waals surface area contributed by atoms with Crippen LogP contribution in [0.3, 0.4) is 0 Å². The topological polar surface area (TPSA) is 38.2 Å². The van der Waals surface area contributed by atoms with Crippen molar-refractivity contribution < 1.29 is 4.74 Å². The summed E-state index contributed by atoms with van der Waals surface area (Å²) < 4.78 is 5.89. The number of morpholine rings is 1. The zero-order chi connectivity index (χ0) is 15.7. The molecule has 0 N–H and O–H groups in total. The van der Waals surface area contributed by atoms with Gasteiger partial charge in [-0.05, 0) is 6.92 Å². The predicted octanol–water partition coefficient (Wildman–Crippen LogP) is 3.78. The lowest BCUT2D eigenvalue weighted by Crippen LogP contribution is -2.37. The van der Waals surface area contributed by atoms with E-state index in [-0.39, 0.29) is 11.5 Å². The minimum atomic E-state index is 0.105. The third-order valence-corrected chi connectivity index (χ3v) is 6.01. The number of nitrogens with zero attached hydrogens (tertiary/aromatic N) is 3. The highest BCUT2D eigenvalue weighted by Crippen LogP contribution is 2.28. The fourth-order valence-corrected chi connectivity index (χ4v) is 4.20. The van der Waals surface area contributed by atoms with Crippen LogP contribution in [0.1, 0.15) is 48.3 Å². The number of aromatic nitrogens is 2. The monoisotopic (exact) mass is 337 g/mol. The quantitative estimate of drug-likeness (QED) is 0.854. The zero-order valence-electron chi connectivity index (χ0n) is 13.6. The highest BCUT2D eigenvalue weighted by atomic mass is 32.1. The van der Waals surface area contributed by atoms with Crippen molar-refractivity contribution >= 4 is 22.7 Å². The average molecular weight is 338 g/mol. The molecule has 2 aromatic heterocycles. The molecule has 6 heteroatoms. The summed E-state index contributed by atoms with van der Waals surface area (Å²) in [7, 11) is 0. The van der Waals surface area contributed by atoms with Crippen molar-refractivity contribution in [3.05, 3.63) is 32.2 Å². The predicted molar refractivity (Wildman–Crippen MR) is 91.6 cm³/mol.